The molecule has 1 aliphatic heterocycles. The Balaban J connectivity index is 2.49. The van der Waals surface area contributed by atoms with Crippen LogP contribution in [0.15, 0.2) is 0 Å². The molecule has 0 radical (unpaired) electrons. The molecule has 1 heterocycles. The lowest BCUT2D eigenvalue weighted by atomic mass is 10.4. The van der Waals surface area contributed by atoms with Crippen molar-refractivity contribution in [1.29, 1.82) is 0 Å². The molecule has 0 aliphatic carbocycles. The van der Waals surface area contributed by atoms with Crippen LogP contribution in [0.25, 0.3) is 0 Å². The lowest BCUT2D eigenvalue weighted by Crippen LogP contribution is -2.36. The molecule has 0 aromatic carbocycles. The van der Waals surface area contributed by atoms with E-state index in [1.165, 1.54) is 0 Å². The van der Waals surface area contributed by atoms with Gasteiger partial charge in [-0.3, -0.25) is 4.79 Å². The molecule has 2 unspecified atom stereocenters. The lowest BCUT2D eigenvalue weighted by molar-refractivity contribution is -0.145. The Morgan fingerprint density at radius 1 is 1.77 bits per heavy atom. The molecule has 5 heteroatoms. The highest BCUT2D eigenvalue weighted by Crippen LogP contribution is 2.39. The molecule has 2 atom stereocenters. The predicted molar refractivity (Wildman–Crippen MR) is 62.7 cm³/mol. The first-order valence-corrected chi connectivity index (χ1v) is 7.25. The molecule has 0 spiro atoms. The SMILES string of the molecule is CC1CSCC(C)(OC(=O)CBr)S1. The summed E-state index contributed by atoms with van der Waals surface area (Å²) in [5, 5.41) is 0.842. The van der Waals surface area contributed by atoms with Crippen LogP contribution in [0.4, 0.5) is 0 Å². The minimum Gasteiger partial charge on any atom is -0.447 e. The minimum absolute atomic E-state index is 0.176. The summed E-state index contributed by atoms with van der Waals surface area (Å²) in [6.07, 6.45) is 0. The van der Waals surface area contributed by atoms with Crippen molar-refractivity contribution >= 4 is 45.4 Å². The van der Waals surface area contributed by atoms with Gasteiger partial charge in [-0.1, -0.05) is 22.9 Å². The van der Waals surface area contributed by atoms with Crippen molar-refractivity contribution < 1.29 is 9.53 Å². The van der Waals surface area contributed by atoms with Gasteiger partial charge in [-0.15, -0.1) is 11.8 Å². The highest BCUT2D eigenvalue weighted by Gasteiger charge is 2.34. The molecule has 0 amide bonds. The van der Waals surface area contributed by atoms with Crippen LogP contribution < -0.4 is 0 Å². The van der Waals surface area contributed by atoms with Crippen molar-refractivity contribution in [3.8, 4) is 0 Å². The maximum Gasteiger partial charge on any atom is 0.317 e. The van der Waals surface area contributed by atoms with Crippen LogP contribution in [-0.2, 0) is 9.53 Å². The summed E-state index contributed by atoms with van der Waals surface area (Å²) in [4.78, 5) is 10.8. The van der Waals surface area contributed by atoms with Crippen molar-refractivity contribution in [2.24, 2.45) is 0 Å². The monoisotopic (exact) mass is 284 g/mol. The molecular weight excluding hydrogens is 272 g/mol. The van der Waals surface area contributed by atoms with E-state index in [9.17, 15) is 4.79 Å². The highest BCUT2D eigenvalue weighted by atomic mass is 79.9. The molecule has 1 saturated heterocycles. The van der Waals surface area contributed by atoms with E-state index < -0.39 is 0 Å². The van der Waals surface area contributed by atoms with Gasteiger partial charge in [-0.25, -0.2) is 0 Å². The molecule has 0 saturated carbocycles. The predicted octanol–water partition coefficient (Wildman–Crippen LogP) is 2.51. The fourth-order valence-electron chi connectivity index (χ4n) is 1.23. The molecule has 13 heavy (non-hydrogen) atoms. The lowest BCUT2D eigenvalue weighted by Gasteiger charge is -2.35. The molecular formula is C8H13BrO2S2. The number of hydrogen-bond acceptors (Lipinski definition) is 4. The van der Waals surface area contributed by atoms with E-state index in [4.69, 9.17) is 4.74 Å². The van der Waals surface area contributed by atoms with Crippen LogP contribution in [0, 0.1) is 0 Å². The first-order valence-electron chi connectivity index (χ1n) is 4.09. The first kappa shape index (κ1) is 11.7. The standard InChI is InChI=1S/C8H13BrO2S2/c1-6-4-12-5-8(2,13-6)11-7(10)3-9/h6H,3-5H2,1-2H3. The summed E-state index contributed by atoms with van der Waals surface area (Å²) in [5.41, 5.74) is 0. The molecule has 0 bridgehead atoms. The van der Waals surface area contributed by atoms with Crippen LogP contribution in [0.5, 0.6) is 0 Å². The third kappa shape index (κ3) is 3.72. The van der Waals surface area contributed by atoms with E-state index >= 15 is 0 Å². The van der Waals surface area contributed by atoms with E-state index in [2.05, 4.69) is 22.9 Å². The topological polar surface area (TPSA) is 26.3 Å². The summed E-state index contributed by atoms with van der Waals surface area (Å²) in [5.74, 6) is 1.86. The van der Waals surface area contributed by atoms with Crippen LogP contribution in [0.3, 0.4) is 0 Å². The average molecular weight is 285 g/mol. The molecule has 1 aliphatic rings. The molecule has 0 N–H and O–H groups in total. The summed E-state index contributed by atoms with van der Waals surface area (Å²) < 4.78 is 5.35. The highest BCUT2D eigenvalue weighted by molar-refractivity contribution is 9.09. The number of ether oxygens (including phenoxy) is 1. The number of thioether (sulfide) groups is 2. The zero-order valence-corrected chi connectivity index (χ0v) is 10.9. The normalized spacial score (nSPS) is 34.2. The van der Waals surface area contributed by atoms with Gasteiger partial charge in [0.25, 0.3) is 0 Å². The first-order chi connectivity index (χ1) is 6.06. The van der Waals surface area contributed by atoms with Gasteiger partial charge in [-0.05, 0) is 6.92 Å². The second kappa shape index (κ2) is 4.94. The fraction of sp³-hybridized carbons (Fsp3) is 0.875. The van der Waals surface area contributed by atoms with Gasteiger partial charge in [-0.2, -0.15) is 11.8 Å². The zero-order chi connectivity index (χ0) is 9.90. The molecule has 0 aromatic rings. The maximum absolute atomic E-state index is 11.1. The van der Waals surface area contributed by atoms with E-state index in [1.54, 1.807) is 11.8 Å². The zero-order valence-electron chi connectivity index (χ0n) is 7.71. The van der Waals surface area contributed by atoms with Crippen molar-refractivity contribution in [3.05, 3.63) is 0 Å². The van der Waals surface area contributed by atoms with Gasteiger partial charge in [0.05, 0.1) is 0 Å². The van der Waals surface area contributed by atoms with E-state index in [0.29, 0.717) is 5.25 Å². The van der Waals surface area contributed by atoms with Crippen LogP contribution in [0.1, 0.15) is 13.8 Å². The number of rotatable bonds is 2. The second-order valence-corrected chi connectivity index (χ2v) is 6.68. The number of esters is 1. The van der Waals surface area contributed by atoms with Gasteiger partial charge < -0.3 is 4.74 Å². The average Bonchev–Trinajstić information content (AvgIpc) is 2.02. The number of hydrogen-bond donors (Lipinski definition) is 0. The number of carbonyl (C=O) groups excluding carboxylic acids is 1. The Morgan fingerprint density at radius 3 is 3.00 bits per heavy atom. The van der Waals surface area contributed by atoms with Gasteiger partial charge in [0.1, 0.15) is 5.33 Å². The largest absolute Gasteiger partial charge is 0.447 e. The van der Waals surface area contributed by atoms with Crippen molar-refractivity contribution in [1.82, 2.24) is 0 Å². The molecule has 0 aromatic heterocycles. The number of halogens is 1. The quantitative estimate of drug-likeness (QED) is 0.575. The Bertz CT molecular complexity index is 201. The van der Waals surface area contributed by atoms with Crippen molar-refractivity contribution in [2.75, 3.05) is 16.8 Å². The summed E-state index contributed by atoms with van der Waals surface area (Å²) in [6.45, 7) is 4.15. The molecule has 76 valence electrons. The number of alkyl halides is 1. The van der Waals surface area contributed by atoms with E-state index in [-0.39, 0.29) is 16.2 Å². The Morgan fingerprint density at radius 2 is 2.46 bits per heavy atom. The van der Waals surface area contributed by atoms with Crippen molar-refractivity contribution in [3.63, 3.8) is 0 Å². The van der Waals surface area contributed by atoms with E-state index in [0.717, 1.165) is 11.5 Å². The van der Waals surface area contributed by atoms with Crippen LogP contribution in [0.2, 0.25) is 0 Å². The summed E-state index contributed by atoms with van der Waals surface area (Å²) in [7, 11) is 0. The van der Waals surface area contributed by atoms with Crippen molar-refractivity contribution in [2.45, 2.75) is 24.0 Å². The third-order valence-corrected chi connectivity index (χ3v) is 5.24. The summed E-state index contributed by atoms with van der Waals surface area (Å²) >= 11 is 6.69. The second-order valence-electron chi connectivity index (χ2n) is 3.19. The van der Waals surface area contributed by atoms with Crippen LogP contribution >= 0.6 is 39.5 Å². The maximum atomic E-state index is 11.1. The summed E-state index contributed by atoms with van der Waals surface area (Å²) in [6, 6.07) is 0. The van der Waals surface area contributed by atoms with Gasteiger partial charge >= 0.3 is 5.97 Å². The fourth-order valence-corrected chi connectivity index (χ4v) is 4.29. The third-order valence-electron chi connectivity index (χ3n) is 1.61. The number of carbonyl (C=O) groups is 1. The van der Waals surface area contributed by atoms with Gasteiger partial charge in [0, 0.05) is 16.8 Å². The Hall–Kier alpha value is 0.650. The molecule has 2 nitrogen and oxygen atoms in total. The van der Waals surface area contributed by atoms with Gasteiger partial charge in [0.15, 0.2) is 4.93 Å². The molecule has 1 rings (SSSR count). The minimum atomic E-state index is -0.326. The Kier molecular flexibility index (Phi) is 4.45. The van der Waals surface area contributed by atoms with Gasteiger partial charge in [0.2, 0.25) is 0 Å². The Labute approximate surface area is 95.7 Å². The van der Waals surface area contributed by atoms with E-state index in [1.807, 2.05) is 18.7 Å². The smallest absolute Gasteiger partial charge is 0.317 e. The van der Waals surface area contributed by atoms with Crippen LogP contribution in [-0.4, -0.2) is 33.0 Å². The molecule has 1 fully saturated rings.